The molecule has 3 nitrogen and oxygen atoms in total. The van der Waals surface area contributed by atoms with E-state index in [2.05, 4.69) is 33.9 Å². The minimum atomic E-state index is -1.69. The largest absolute Gasteiger partial charge is 0.462 e. The van der Waals surface area contributed by atoms with Gasteiger partial charge in [0.05, 0.1) is 6.61 Å². The minimum Gasteiger partial charge on any atom is -0.462 e. The average molecular weight is 256 g/mol. The van der Waals surface area contributed by atoms with E-state index in [0.717, 1.165) is 6.42 Å². The van der Waals surface area contributed by atoms with E-state index >= 15 is 0 Å². The highest BCUT2D eigenvalue weighted by Crippen LogP contribution is 2.36. The first kappa shape index (κ1) is 14.4. The van der Waals surface area contributed by atoms with Crippen molar-refractivity contribution in [3.05, 3.63) is 12.2 Å². The third-order valence-corrected chi connectivity index (χ3v) is 8.17. The van der Waals surface area contributed by atoms with E-state index < -0.39 is 8.32 Å². The maximum atomic E-state index is 11.0. The van der Waals surface area contributed by atoms with Crippen LogP contribution in [0.25, 0.3) is 0 Å². The van der Waals surface area contributed by atoms with Crippen LogP contribution in [0.2, 0.25) is 18.1 Å². The predicted molar refractivity (Wildman–Crippen MR) is 71.4 cm³/mol. The highest BCUT2D eigenvalue weighted by Gasteiger charge is 2.37. The summed E-state index contributed by atoms with van der Waals surface area (Å²) in [5.41, 5.74) is 0. The average Bonchev–Trinajstić information content (AvgIpc) is 2.38. The topological polar surface area (TPSA) is 35.5 Å². The van der Waals surface area contributed by atoms with Crippen molar-refractivity contribution in [2.45, 2.75) is 45.3 Å². The van der Waals surface area contributed by atoms with Gasteiger partial charge in [-0.2, -0.15) is 0 Å². The van der Waals surface area contributed by atoms with Gasteiger partial charge in [0, 0.05) is 18.6 Å². The predicted octanol–water partition coefficient (Wildman–Crippen LogP) is 3.13. The van der Waals surface area contributed by atoms with Crippen molar-refractivity contribution in [3.8, 4) is 0 Å². The number of hydrogen-bond donors (Lipinski definition) is 0. The SMILES string of the molecule is CC(C)(C)[Si](C)(C)OCC1CC=CC(=O)OC1. The molecule has 0 aromatic rings. The van der Waals surface area contributed by atoms with E-state index in [-0.39, 0.29) is 11.0 Å². The molecule has 1 unspecified atom stereocenters. The van der Waals surface area contributed by atoms with Gasteiger partial charge in [0.1, 0.15) is 0 Å². The Hall–Kier alpha value is -0.613. The molecule has 0 N–H and O–H groups in total. The molecule has 0 aromatic carbocycles. The van der Waals surface area contributed by atoms with E-state index in [4.69, 9.17) is 9.16 Å². The highest BCUT2D eigenvalue weighted by atomic mass is 28.4. The molecule has 0 radical (unpaired) electrons. The number of allylic oxidation sites excluding steroid dienone is 1. The van der Waals surface area contributed by atoms with Crippen LogP contribution in [0.4, 0.5) is 0 Å². The van der Waals surface area contributed by atoms with Gasteiger partial charge in [0.2, 0.25) is 0 Å². The molecule has 1 aliphatic heterocycles. The summed E-state index contributed by atoms with van der Waals surface area (Å²) >= 11 is 0. The fourth-order valence-electron chi connectivity index (χ4n) is 1.33. The molecule has 1 heterocycles. The maximum absolute atomic E-state index is 11.0. The second-order valence-corrected chi connectivity index (χ2v) is 11.0. The summed E-state index contributed by atoms with van der Waals surface area (Å²) in [6.45, 7) is 12.3. The third-order valence-electron chi connectivity index (χ3n) is 3.67. The number of ether oxygens (including phenoxy) is 1. The molecule has 1 atom stereocenters. The van der Waals surface area contributed by atoms with Crippen molar-refractivity contribution in [2.24, 2.45) is 5.92 Å². The smallest absolute Gasteiger partial charge is 0.330 e. The van der Waals surface area contributed by atoms with E-state index in [0.29, 0.717) is 19.1 Å². The molecule has 17 heavy (non-hydrogen) atoms. The summed E-state index contributed by atoms with van der Waals surface area (Å²) < 4.78 is 11.2. The molecule has 0 aliphatic carbocycles. The summed E-state index contributed by atoms with van der Waals surface area (Å²) in [6.07, 6.45) is 4.25. The lowest BCUT2D eigenvalue weighted by molar-refractivity contribution is -0.138. The number of carbonyl (C=O) groups is 1. The molecule has 1 rings (SSSR count). The molecule has 0 saturated heterocycles. The first-order valence-corrected chi connectivity index (χ1v) is 9.10. The van der Waals surface area contributed by atoms with Gasteiger partial charge < -0.3 is 9.16 Å². The zero-order valence-corrected chi connectivity index (χ0v) is 12.6. The lowest BCUT2D eigenvalue weighted by Crippen LogP contribution is -2.42. The number of rotatable bonds is 3. The van der Waals surface area contributed by atoms with Crippen molar-refractivity contribution in [1.29, 1.82) is 0 Å². The van der Waals surface area contributed by atoms with Crippen LogP contribution in [-0.4, -0.2) is 27.5 Å². The second-order valence-electron chi connectivity index (χ2n) is 6.21. The molecule has 1 aliphatic rings. The fourth-order valence-corrected chi connectivity index (χ4v) is 2.42. The van der Waals surface area contributed by atoms with Gasteiger partial charge >= 0.3 is 5.97 Å². The first-order chi connectivity index (χ1) is 7.72. The Morgan fingerprint density at radius 3 is 2.71 bits per heavy atom. The van der Waals surface area contributed by atoms with E-state index in [9.17, 15) is 4.79 Å². The van der Waals surface area contributed by atoms with Crippen molar-refractivity contribution in [2.75, 3.05) is 13.2 Å². The minimum absolute atomic E-state index is 0.226. The molecular weight excluding hydrogens is 232 g/mol. The monoisotopic (exact) mass is 256 g/mol. The second kappa shape index (κ2) is 5.36. The molecule has 0 saturated carbocycles. The molecule has 98 valence electrons. The Labute approximate surface area is 105 Å². The van der Waals surface area contributed by atoms with Crippen LogP contribution < -0.4 is 0 Å². The molecule has 0 bridgehead atoms. The summed E-state index contributed by atoms with van der Waals surface area (Å²) in [5, 5.41) is 0.226. The summed E-state index contributed by atoms with van der Waals surface area (Å²) in [5.74, 6) is 0.0617. The van der Waals surface area contributed by atoms with E-state index in [1.807, 2.05) is 6.08 Å². The number of cyclic esters (lactones) is 1. The lowest BCUT2D eigenvalue weighted by Gasteiger charge is -2.37. The molecule has 0 fully saturated rings. The van der Waals surface area contributed by atoms with Gasteiger partial charge in [0.15, 0.2) is 8.32 Å². The van der Waals surface area contributed by atoms with Crippen molar-refractivity contribution in [3.63, 3.8) is 0 Å². The van der Waals surface area contributed by atoms with Crippen LogP contribution in [0.15, 0.2) is 12.2 Å². The molecule has 0 spiro atoms. The lowest BCUT2D eigenvalue weighted by atomic mass is 10.1. The van der Waals surface area contributed by atoms with Gasteiger partial charge in [-0.15, -0.1) is 0 Å². The van der Waals surface area contributed by atoms with E-state index in [1.54, 1.807) is 0 Å². The van der Waals surface area contributed by atoms with Crippen LogP contribution in [0.1, 0.15) is 27.2 Å². The van der Waals surface area contributed by atoms with Crippen molar-refractivity contribution >= 4 is 14.3 Å². The van der Waals surface area contributed by atoms with Crippen molar-refractivity contribution in [1.82, 2.24) is 0 Å². The van der Waals surface area contributed by atoms with Crippen LogP contribution in [0.3, 0.4) is 0 Å². The zero-order chi connectivity index (χ0) is 13.1. The molecule has 0 aromatic heterocycles. The van der Waals surface area contributed by atoms with Gasteiger partial charge in [-0.05, 0) is 24.6 Å². The van der Waals surface area contributed by atoms with Crippen LogP contribution in [0, 0.1) is 5.92 Å². The van der Waals surface area contributed by atoms with Crippen LogP contribution >= 0.6 is 0 Å². The maximum Gasteiger partial charge on any atom is 0.330 e. The van der Waals surface area contributed by atoms with Crippen LogP contribution in [0.5, 0.6) is 0 Å². The fraction of sp³-hybridized carbons (Fsp3) is 0.769. The molecular formula is C13H24O3Si. The summed E-state index contributed by atoms with van der Waals surface area (Å²) in [7, 11) is -1.69. The number of carbonyl (C=O) groups excluding carboxylic acids is 1. The Balaban J connectivity index is 2.46. The standard InChI is InChI=1S/C13H24O3Si/c1-13(2,3)17(4,5)16-10-11-7-6-8-12(14)15-9-11/h6,8,11H,7,9-10H2,1-5H3. The van der Waals surface area contributed by atoms with Crippen LogP contribution in [-0.2, 0) is 14.0 Å². The quantitative estimate of drug-likeness (QED) is 0.575. The Kier molecular flexibility index (Phi) is 4.55. The van der Waals surface area contributed by atoms with Gasteiger partial charge in [0.25, 0.3) is 0 Å². The van der Waals surface area contributed by atoms with Crippen molar-refractivity contribution < 1.29 is 14.0 Å². The normalized spacial score (nSPS) is 22.2. The van der Waals surface area contributed by atoms with Gasteiger partial charge in [-0.1, -0.05) is 26.8 Å². The van der Waals surface area contributed by atoms with Gasteiger partial charge in [-0.3, -0.25) is 0 Å². The Morgan fingerprint density at radius 1 is 1.47 bits per heavy atom. The van der Waals surface area contributed by atoms with E-state index in [1.165, 1.54) is 6.08 Å². The summed E-state index contributed by atoms with van der Waals surface area (Å²) in [4.78, 5) is 11.0. The Bertz CT molecular complexity index is 302. The molecule has 4 heteroatoms. The number of hydrogen-bond acceptors (Lipinski definition) is 3. The number of esters is 1. The van der Waals surface area contributed by atoms with Gasteiger partial charge in [-0.25, -0.2) is 4.79 Å². The zero-order valence-electron chi connectivity index (χ0n) is 11.6. The first-order valence-electron chi connectivity index (χ1n) is 6.19. The summed E-state index contributed by atoms with van der Waals surface area (Å²) in [6, 6.07) is 0. The third kappa shape index (κ3) is 4.28. The Morgan fingerprint density at radius 2 is 2.12 bits per heavy atom. The molecule has 0 amide bonds. The highest BCUT2D eigenvalue weighted by molar-refractivity contribution is 6.74.